The minimum atomic E-state index is -0.585. The molecular formula is C18H16N2O5. The first-order valence-corrected chi connectivity index (χ1v) is 7.33. The molecule has 0 aliphatic heterocycles. The van der Waals surface area contributed by atoms with Gasteiger partial charge in [-0.1, -0.05) is 12.1 Å². The summed E-state index contributed by atoms with van der Waals surface area (Å²) in [5.74, 6) is -1.69. The highest BCUT2D eigenvalue weighted by atomic mass is 16.3. The number of nitrogens with one attached hydrogen (secondary N) is 1. The lowest BCUT2D eigenvalue weighted by molar-refractivity contribution is -0.117. The van der Waals surface area contributed by atoms with Crippen molar-refractivity contribution in [2.75, 3.05) is 6.54 Å². The van der Waals surface area contributed by atoms with Gasteiger partial charge in [0, 0.05) is 6.54 Å². The molecular weight excluding hydrogens is 324 g/mol. The van der Waals surface area contributed by atoms with Crippen LogP contribution in [-0.4, -0.2) is 32.9 Å². The van der Waals surface area contributed by atoms with Gasteiger partial charge in [-0.2, -0.15) is 5.26 Å². The maximum Gasteiger partial charge on any atom is 0.261 e. The van der Waals surface area contributed by atoms with Crippen LogP contribution >= 0.6 is 0 Å². The smallest absolute Gasteiger partial charge is 0.261 e. The molecule has 7 heteroatoms. The maximum absolute atomic E-state index is 12.0. The molecule has 128 valence electrons. The largest absolute Gasteiger partial charge is 0.504 e. The minimum absolute atomic E-state index is 0.154. The number of carbonyl (C=O) groups is 1. The standard InChI is InChI=1S/C18H16N2O5/c19-10-13(7-12-2-4-15(22)17(24)9-12)18(25)20-6-5-11-1-3-14(21)16(23)8-11/h1-4,7-9,21-24H,5-6H2,(H,20,25)/b13-7-. The Balaban J connectivity index is 2.00. The van der Waals surface area contributed by atoms with E-state index in [0.29, 0.717) is 17.5 Å². The number of amides is 1. The van der Waals surface area contributed by atoms with E-state index in [4.69, 9.17) is 5.26 Å². The first-order chi connectivity index (χ1) is 11.9. The molecule has 0 heterocycles. The molecule has 0 aliphatic rings. The topological polar surface area (TPSA) is 134 Å². The maximum atomic E-state index is 12.0. The Morgan fingerprint density at radius 1 is 1.00 bits per heavy atom. The minimum Gasteiger partial charge on any atom is -0.504 e. The number of nitrogens with zero attached hydrogens (tertiary/aromatic N) is 1. The Kier molecular flexibility index (Phi) is 5.48. The van der Waals surface area contributed by atoms with E-state index in [9.17, 15) is 25.2 Å². The van der Waals surface area contributed by atoms with Crippen LogP contribution in [0.5, 0.6) is 23.0 Å². The third-order valence-corrected chi connectivity index (χ3v) is 3.41. The average Bonchev–Trinajstić information content (AvgIpc) is 2.58. The molecule has 2 rings (SSSR count). The van der Waals surface area contributed by atoms with Gasteiger partial charge in [-0.05, 0) is 47.9 Å². The van der Waals surface area contributed by atoms with E-state index in [0.717, 1.165) is 0 Å². The molecule has 5 N–H and O–H groups in total. The van der Waals surface area contributed by atoms with E-state index in [2.05, 4.69) is 5.32 Å². The molecule has 1 amide bonds. The van der Waals surface area contributed by atoms with Crippen LogP contribution in [0.3, 0.4) is 0 Å². The van der Waals surface area contributed by atoms with Gasteiger partial charge in [-0.25, -0.2) is 0 Å². The zero-order valence-corrected chi connectivity index (χ0v) is 13.1. The summed E-state index contributed by atoms with van der Waals surface area (Å²) >= 11 is 0. The number of hydrogen-bond donors (Lipinski definition) is 5. The summed E-state index contributed by atoms with van der Waals surface area (Å²) in [6.45, 7) is 0.225. The number of rotatable bonds is 5. The molecule has 0 radical (unpaired) electrons. The van der Waals surface area contributed by atoms with Gasteiger partial charge in [-0.15, -0.1) is 0 Å². The quantitative estimate of drug-likeness (QED) is 0.320. The number of phenols is 4. The fourth-order valence-corrected chi connectivity index (χ4v) is 2.09. The molecule has 0 atom stereocenters. The second-order valence-corrected chi connectivity index (χ2v) is 5.25. The number of nitriles is 1. The summed E-state index contributed by atoms with van der Waals surface area (Å²) in [7, 11) is 0. The zero-order chi connectivity index (χ0) is 18.4. The normalized spacial score (nSPS) is 10.9. The Bertz CT molecular complexity index is 868. The van der Waals surface area contributed by atoms with E-state index >= 15 is 0 Å². The second-order valence-electron chi connectivity index (χ2n) is 5.25. The number of benzene rings is 2. The van der Waals surface area contributed by atoms with Crippen molar-refractivity contribution in [2.24, 2.45) is 0 Å². The van der Waals surface area contributed by atoms with Crippen molar-refractivity contribution >= 4 is 12.0 Å². The lowest BCUT2D eigenvalue weighted by atomic mass is 10.1. The lowest BCUT2D eigenvalue weighted by Gasteiger charge is -2.06. The molecule has 0 saturated carbocycles. The van der Waals surface area contributed by atoms with Gasteiger partial charge < -0.3 is 25.7 Å². The van der Waals surface area contributed by atoms with Crippen LogP contribution < -0.4 is 5.32 Å². The predicted molar refractivity (Wildman–Crippen MR) is 89.8 cm³/mol. The summed E-state index contributed by atoms with van der Waals surface area (Å²) in [5.41, 5.74) is 0.950. The molecule has 0 spiro atoms. The molecule has 0 fully saturated rings. The Labute approximate surface area is 143 Å². The first kappa shape index (κ1) is 17.7. The van der Waals surface area contributed by atoms with Crippen molar-refractivity contribution in [1.82, 2.24) is 5.32 Å². The SMILES string of the molecule is N#C/C(=C/c1ccc(O)c(O)c1)C(=O)NCCc1ccc(O)c(O)c1. The molecule has 2 aromatic carbocycles. The van der Waals surface area contributed by atoms with Gasteiger partial charge in [0.25, 0.3) is 5.91 Å². The van der Waals surface area contributed by atoms with E-state index in [1.165, 1.54) is 36.4 Å². The van der Waals surface area contributed by atoms with Crippen molar-refractivity contribution in [2.45, 2.75) is 6.42 Å². The summed E-state index contributed by atoms with van der Waals surface area (Å²) in [6.07, 6.45) is 1.69. The van der Waals surface area contributed by atoms with E-state index in [-0.39, 0.29) is 35.1 Å². The molecule has 0 unspecified atom stereocenters. The third kappa shape index (κ3) is 4.65. The second kappa shape index (κ2) is 7.75. The van der Waals surface area contributed by atoms with Gasteiger partial charge in [0.05, 0.1) is 0 Å². The summed E-state index contributed by atoms with van der Waals surface area (Å²) in [4.78, 5) is 12.0. The molecule has 0 bridgehead atoms. The Morgan fingerprint density at radius 3 is 2.24 bits per heavy atom. The van der Waals surface area contributed by atoms with Crippen LogP contribution in [0, 0.1) is 11.3 Å². The zero-order valence-electron chi connectivity index (χ0n) is 13.1. The molecule has 2 aromatic rings. The summed E-state index contributed by atoms with van der Waals surface area (Å²) in [6, 6.07) is 10.1. The summed E-state index contributed by atoms with van der Waals surface area (Å²) in [5, 5.41) is 49.0. The van der Waals surface area contributed by atoms with Crippen molar-refractivity contribution < 1.29 is 25.2 Å². The van der Waals surface area contributed by atoms with Gasteiger partial charge in [0.1, 0.15) is 11.6 Å². The first-order valence-electron chi connectivity index (χ1n) is 7.33. The van der Waals surface area contributed by atoms with Crippen molar-refractivity contribution in [3.63, 3.8) is 0 Å². The summed E-state index contributed by atoms with van der Waals surface area (Å²) < 4.78 is 0. The van der Waals surface area contributed by atoms with E-state index in [1.54, 1.807) is 12.1 Å². The highest BCUT2D eigenvalue weighted by Crippen LogP contribution is 2.26. The van der Waals surface area contributed by atoms with Crippen molar-refractivity contribution in [3.8, 4) is 29.1 Å². The molecule has 0 aromatic heterocycles. The van der Waals surface area contributed by atoms with Crippen LogP contribution in [0.4, 0.5) is 0 Å². The van der Waals surface area contributed by atoms with Gasteiger partial charge in [0.15, 0.2) is 23.0 Å². The molecule has 0 aliphatic carbocycles. The number of carbonyl (C=O) groups excluding carboxylic acids is 1. The highest BCUT2D eigenvalue weighted by Gasteiger charge is 2.10. The lowest BCUT2D eigenvalue weighted by Crippen LogP contribution is -2.26. The predicted octanol–water partition coefficient (Wildman–Crippen LogP) is 1.77. The number of hydrogen-bond acceptors (Lipinski definition) is 6. The average molecular weight is 340 g/mol. The van der Waals surface area contributed by atoms with Gasteiger partial charge in [-0.3, -0.25) is 4.79 Å². The van der Waals surface area contributed by atoms with Crippen LogP contribution in [0.1, 0.15) is 11.1 Å². The van der Waals surface area contributed by atoms with E-state index in [1.807, 2.05) is 0 Å². The third-order valence-electron chi connectivity index (χ3n) is 3.41. The van der Waals surface area contributed by atoms with Crippen molar-refractivity contribution in [1.29, 1.82) is 5.26 Å². The van der Waals surface area contributed by atoms with Crippen molar-refractivity contribution in [3.05, 3.63) is 53.1 Å². The number of aromatic hydroxyl groups is 4. The molecule has 7 nitrogen and oxygen atoms in total. The number of phenolic OH excluding ortho intramolecular Hbond substituents is 4. The highest BCUT2D eigenvalue weighted by molar-refractivity contribution is 6.01. The molecule has 25 heavy (non-hydrogen) atoms. The van der Waals surface area contributed by atoms with Crippen LogP contribution in [0.25, 0.3) is 6.08 Å². The van der Waals surface area contributed by atoms with Gasteiger partial charge >= 0.3 is 0 Å². The monoisotopic (exact) mass is 340 g/mol. The van der Waals surface area contributed by atoms with Crippen LogP contribution in [0.15, 0.2) is 42.0 Å². The Morgan fingerprint density at radius 2 is 1.64 bits per heavy atom. The molecule has 0 saturated heterocycles. The van der Waals surface area contributed by atoms with Crippen LogP contribution in [0.2, 0.25) is 0 Å². The van der Waals surface area contributed by atoms with Gasteiger partial charge in [0.2, 0.25) is 0 Å². The van der Waals surface area contributed by atoms with E-state index < -0.39 is 5.91 Å². The fourth-order valence-electron chi connectivity index (χ4n) is 2.09. The fraction of sp³-hybridized carbons (Fsp3) is 0.111. The Hall–Kier alpha value is -3.66. The van der Waals surface area contributed by atoms with Crippen LogP contribution in [-0.2, 0) is 11.2 Å².